The van der Waals surface area contributed by atoms with Crippen LogP contribution in [0.2, 0.25) is 0 Å². The highest BCUT2D eigenvalue weighted by molar-refractivity contribution is 7.99. The predicted octanol–water partition coefficient (Wildman–Crippen LogP) is 2.97. The molecule has 5 rings (SSSR count). The van der Waals surface area contributed by atoms with Crippen molar-refractivity contribution >= 4 is 46.3 Å². The number of fused-ring (bicyclic) bond motifs is 2. The molecule has 11 heteroatoms. The van der Waals surface area contributed by atoms with Gasteiger partial charge in [0.05, 0.1) is 12.0 Å². The largest absolute Gasteiger partial charge is 0.497 e. The number of nitrogens with two attached hydrogens (primary N) is 1. The Balaban J connectivity index is 1.47. The molecule has 1 aromatic carbocycles. The fraction of sp³-hybridized carbons (Fsp3) is 0.381. The summed E-state index contributed by atoms with van der Waals surface area (Å²) < 4.78 is 13.1. The monoisotopic (exact) mass is 453 g/mol. The molecule has 0 unspecified atom stereocenters. The summed E-state index contributed by atoms with van der Waals surface area (Å²) in [5.41, 5.74) is 8.79. The highest BCUT2D eigenvalue weighted by Gasteiger charge is 2.22. The first-order valence-electron chi connectivity index (χ1n) is 10.4. The normalized spacial score (nSPS) is 15.0. The molecule has 0 atom stereocenters. The van der Waals surface area contributed by atoms with Crippen LogP contribution in [0.1, 0.15) is 19.3 Å². The molecule has 1 fully saturated rings. The van der Waals surface area contributed by atoms with Crippen molar-refractivity contribution in [1.82, 2.24) is 29.4 Å². The van der Waals surface area contributed by atoms with Gasteiger partial charge in [-0.25, -0.2) is 19.9 Å². The molecule has 1 aliphatic rings. The van der Waals surface area contributed by atoms with Crippen molar-refractivity contribution in [3.05, 3.63) is 24.9 Å². The van der Waals surface area contributed by atoms with Crippen LogP contribution in [0.5, 0.6) is 5.75 Å². The number of rotatable bonds is 7. The summed E-state index contributed by atoms with van der Waals surface area (Å²) in [7, 11) is 1.62. The van der Waals surface area contributed by atoms with Gasteiger partial charge in [0.1, 0.15) is 17.6 Å². The van der Waals surface area contributed by atoms with Crippen LogP contribution in [0.15, 0.2) is 39.3 Å². The van der Waals surface area contributed by atoms with Crippen molar-refractivity contribution in [2.45, 2.75) is 35.9 Å². The van der Waals surface area contributed by atoms with Crippen LogP contribution in [0.4, 0.5) is 5.82 Å². The zero-order valence-corrected chi connectivity index (χ0v) is 18.4. The van der Waals surface area contributed by atoms with Crippen LogP contribution in [0.3, 0.4) is 0 Å². The molecule has 1 amide bonds. The van der Waals surface area contributed by atoms with Crippen LogP contribution >= 0.6 is 11.8 Å². The van der Waals surface area contributed by atoms with Crippen LogP contribution in [0.25, 0.3) is 22.3 Å². The minimum Gasteiger partial charge on any atom is -0.497 e. The third-order valence-electron chi connectivity index (χ3n) is 5.89. The maximum absolute atomic E-state index is 11.0. The Morgan fingerprint density at radius 2 is 2.12 bits per heavy atom. The highest BCUT2D eigenvalue weighted by Crippen LogP contribution is 2.38. The number of aromatic nitrogens is 5. The highest BCUT2D eigenvalue weighted by atomic mass is 32.2. The van der Waals surface area contributed by atoms with Crippen LogP contribution < -0.4 is 10.5 Å². The molecule has 166 valence electrons. The van der Waals surface area contributed by atoms with E-state index in [9.17, 15) is 4.79 Å². The van der Waals surface area contributed by atoms with Gasteiger partial charge in [0.2, 0.25) is 6.41 Å². The second kappa shape index (κ2) is 8.65. The number of benzene rings is 1. The Bertz CT molecular complexity index is 1260. The number of likely N-dealkylation sites (tertiary alicyclic amines) is 1. The van der Waals surface area contributed by atoms with Crippen molar-refractivity contribution in [1.29, 1.82) is 0 Å². The quantitative estimate of drug-likeness (QED) is 0.420. The number of imidazole rings is 1. The molecule has 32 heavy (non-hydrogen) atoms. The molecular weight excluding hydrogens is 430 g/mol. The maximum Gasteiger partial charge on any atom is 0.209 e. The summed E-state index contributed by atoms with van der Waals surface area (Å²) in [5, 5.41) is 0.753. The van der Waals surface area contributed by atoms with E-state index in [1.165, 1.54) is 24.5 Å². The second-order valence-corrected chi connectivity index (χ2v) is 8.79. The second-order valence-electron chi connectivity index (χ2n) is 7.78. The third kappa shape index (κ3) is 3.83. The van der Waals surface area contributed by atoms with Gasteiger partial charge in [0.25, 0.3) is 0 Å². The number of nitrogen functional groups attached to an aromatic ring is 1. The lowest BCUT2D eigenvalue weighted by molar-refractivity contribution is -0.119. The SMILES string of the molecule is COc1cc(Sc2nc3c(N)ncnc3n2CCC2CCN(C=O)CC2)c2ocnc2c1. The molecule has 4 heterocycles. The van der Waals surface area contributed by atoms with Gasteiger partial charge in [-0.15, -0.1) is 0 Å². The van der Waals surface area contributed by atoms with E-state index >= 15 is 0 Å². The summed E-state index contributed by atoms with van der Waals surface area (Å²) in [5.74, 6) is 1.58. The average Bonchev–Trinajstić information content (AvgIpc) is 3.43. The molecular formula is C21H23N7O3S. The van der Waals surface area contributed by atoms with Crippen molar-refractivity contribution in [3.63, 3.8) is 0 Å². The van der Waals surface area contributed by atoms with Crippen LogP contribution in [-0.4, -0.2) is 56.0 Å². The predicted molar refractivity (Wildman–Crippen MR) is 119 cm³/mol. The third-order valence-corrected chi connectivity index (χ3v) is 6.91. The van der Waals surface area contributed by atoms with E-state index in [-0.39, 0.29) is 0 Å². The van der Waals surface area contributed by atoms with Gasteiger partial charge in [-0.05, 0) is 43.0 Å². The molecule has 0 radical (unpaired) electrons. The van der Waals surface area contributed by atoms with E-state index in [2.05, 4.69) is 19.5 Å². The average molecular weight is 454 g/mol. The number of carbonyl (C=O) groups is 1. The first kappa shape index (κ1) is 20.6. The standard InChI is InChI=1S/C21H23N7O3S/c1-30-14-8-15-18(31-11-25-15)16(9-14)32-21-26-17-19(22)23-10-24-20(17)28(21)7-4-13-2-5-27(12-29)6-3-13/h8-13H,2-7H2,1H3,(H2,22,23,24). The fourth-order valence-corrected chi connectivity index (χ4v) is 5.12. The number of hydrogen-bond acceptors (Lipinski definition) is 9. The summed E-state index contributed by atoms with van der Waals surface area (Å²) in [6, 6.07) is 3.74. The van der Waals surface area contributed by atoms with Crippen LogP contribution in [0, 0.1) is 5.92 Å². The van der Waals surface area contributed by atoms with Crippen molar-refractivity contribution < 1.29 is 13.9 Å². The van der Waals surface area contributed by atoms with Crippen molar-refractivity contribution in [3.8, 4) is 5.75 Å². The maximum atomic E-state index is 11.0. The lowest BCUT2D eigenvalue weighted by Crippen LogP contribution is -2.32. The van der Waals surface area contributed by atoms with E-state index in [0.717, 1.165) is 60.9 Å². The lowest BCUT2D eigenvalue weighted by Gasteiger charge is -2.29. The van der Waals surface area contributed by atoms with Gasteiger partial charge in [0, 0.05) is 25.7 Å². The number of nitrogens with zero attached hydrogens (tertiary/aromatic N) is 6. The number of methoxy groups -OCH3 is 1. The van der Waals surface area contributed by atoms with Crippen LogP contribution in [-0.2, 0) is 11.3 Å². The summed E-state index contributed by atoms with van der Waals surface area (Å²) >= 11 is 1.46. The summed E-state index contributed by atoms with van der Waals surface area (Å²) in [6.45, 7) is 2.36. The van der Waals surface area contributed by atoms with Gasteiger partial charge >= 0.3 is 0 Å². The minimum absolute atomic E-state index is 0.352. The Hall–Kier alpha value is -3.34. The van der Waals surface area contributed by atoms with Gasteiger partial charge in [-0.3, -0.25) is 4.79 Å². The Morgan fingerprint density at radius 1 is 1.28 bits per heavy atom. The molecule has 1 aliphatic heterocycles. The molecule has 10 nitrogen and oxygen atoms in total. The number of aryl methyl sites for hydroxylation is 1. The van der Waals surface area contributed by atoms with Gasteiger partial charge in [-0.1, -0.05) is 0 Å². The number of hydrogen-bond donors (Lipinski definition) is 1. The van der Waals surface area contributed by atoms with Crippen molar-refractivity contribution in [2.75, 3.05) is 25.9 Å². The molecule has 3 aromatic heterocycles. The first-order chi connectivity index (χ1) is 15.7. The number of ether oxygens (including phenoxy) is 1. The number of oxazole rings is 1. The molecule has 0 aliphatic carbocycles. The molecule has 0 spiro atoms. The van der Waals surface area contributed by atoms with E-state index in [4.69, 9.17) is 19.9 Å². The first-order valence-corrected chi connectivity index (χ1v) is 11.2. The number of piperidine rings is 1. The summed E-state index contributed by atoms with van der Waals surface area (Å²) in [4.78, 5) is 31.3. The van der Waals surface area contributed by atoms with E-state index in [1.54, 1.807) is 7.11 Å². The van der Waals surface area contributed by atoms with Gasteiger partial charge in [-0.2, -0.15) is 0 Å². The Morgan fingerprint density at radius 3 is 2.91 bits per heavy atom. The Kier molecular flexibility index (Phi) is 5.56. The topological polar surface area (TPSA) is 125 Å². The lowest BCUT2D eigenvalue weighted by atomic mass is 9.94. The molecule has 4 aromatic rings. The van der Waals surface area contributed by atoms with E-state index in [1.807, 2.05) is 17.0 Å². The molecule has 2 N–H and O–H groups in total. The molecule has 0 bridgehead atoms. The van der Waals surface area contributed by atoms with E-state index < -0.39 is 0 Å². The number of amides is 1. The van der Waals surface area contributed by atoms with Gasteiger partial charge < -0.3 is 24.4 Å². The van der Waals surface area contributed by atoms with Crippen molar-refractivity contribution in [2.24, 2.45) is 5.92 Å². The molecule has 0 saturated carbocycles. The zero-order valence-electron chi connectivity index (χ0n) is 17.6. The molecule has 1 saturated heterocycles. The zero-order chi connectivity index (χ0) is 22.1. The number of anilines is 1. The Labute approximate surface area is 188 Å². The summed E-state index contributed by atoms with van der Waals surface area (Å²) in [6.07, 6.45) is 6.79. The van der Waals surface area contributed by atoms with E-state index in [0.29, 0.717) is 34.2 Å². The minimum atomic E-state index is 0.352. The fourth-order valence-electron chi connectivity index (χ4n) is 4.08. The smallest absolute Gasteiger partial charge is 0.209 e. The van der Waals surface area contributed by atoms with Gasteiger partial charge in [0.15, 0.2) is 34.1 Å². The number of carbonyl (C=O) groups excluding carboxylic acids is 1.